The number of rotatable bonds is 5. The van der Waals surface area contributed by atoms with Crippen molar-refractivity contribution in [1.29, 1.82) is 0 Å². The molecule has 1 aromatic carbocycles. The van der Waals surface area contributed by atoms with E-state index in [1.807, 2.05) is 0 Å². The van der Waals surface area contributed by atoms with Crippen LogP contribution in [-0.4, -0.2) is 17.6 Å². The largest absolute Gasteiger partial charge is 0.374 e. The fourth-order valence-electron chi connectivity index (χ4n) is 2.04. The molecule has 0 bridgehead atoms. The van der Waals surface area contributed by atoms with E-state index in [4.69, 9.17) is 10.5 Å². The number of nitro groups is 1. The molecule has 0 spiro atoms. The van der Waals surface area contributed by atoms with Crippen LogP contribution >= 0.6 is 0 Å². The lowest BCUT2D eigenvalue weighted by Gasteiger charge is -2.34. The Kier molecular flexibility index (Phi) is 3.88. The minimum Gasteiger partial charge on any atom is -0.374 e. The zero-order valence-corrected chi connectivity index (χ0v) is 9.84. The predicted octanol–water partition coefficient (Wildman–Crippen LogP) is 1.99. The van der Waals surface area contributed by atoms with E-state index in [0.717, 1.165) is 18.9 Å². The van der Waals surface area contributed by atoms with Gasteiger partial charge in [-0.3, -0.25) is 10.1 Å². The highest BCUT2D eigenvalue weighted by molar-refractivity contribution is 5.34. The lowest BCUT2D eigenvalue weighted by Crippen LogP contribution is -2.35. The second-order valence-corrected chi connectivity index (χ2v) is 4.58. The van der Waals surface area contributed by atoms with Gasteiger partial charge in [0, 0.05) is 6.07 Å². The Bertz CT molecular complexity index is 447. The molecule has 5 nitrogen and oxygen atoms in total. The van der Waals surface area contributed by atoms with Crippen molar-refractivity contribution >= 4 is 5.69 Å². The van der Waals surface area contributed by atoms with Crippen molar-refractivity contribution in [3.8, 4) is 0 Å². The van der Waals surface area contributed by atoms with Crippen LogP contribution in [0.2, 0.25) is 0 Å². The van der Waals surface area contributed by atoms with Gasteiger partial charge < -0.3 is 10.5 Å². The number of nitro benzene ring substituents is 1. The molecule has 1 fully saturated rings. The Labute approximate surface area is 104 Å². The van der Waals surface area contributed by atoms with Crippen LogP contribution in [0.5, 0.6) is 0 Å². The van der Waals surface area contributed by atoms with Crippen molar-refractivity contribution in [2.75, 3.05) is 6.54 Å². The lowest BCUT2D eigenvalue weighted by atomic mass is 9.82. The van der Waals surface area contributed by atoms with E-state index in [1.54, 1.807) is 0 Å². The molecule has 1 aromatic rings. The van der Waals surface area contributed by atoms with Gasteiger partial charge in [-0.05, 0) is 36.9 Å². The van der Waals surface area contributed by atoms with Crippen LogP contribution in [-0.2, 0) is 11.3 Å². The maximum Gasteiger partial charge on any atom is 0.272 e. The van der Waals surface area contributed by atoms with E-state index in [1.165, 1.54) is 12.1 Å². The van der Waals surface area contributed by atoms with Gasteiger partial charge in [-0.25, -0.2) is 4.39 Å². The highest BCUT2D eigenvalue weighted by Gasteiger charge is 2.28. The highest BCUT2D eigenvalue weighted by Crippen LogP contribution is 2.30. The highest BCUT2D eigenvalue weighted by atomic mass is 19.1. The first-order valence-electron chi connectivity index (χ1n) is 5.84. The topological polar surface area (TPSA) is 78.4 Å². The van der Waals surface area contributed by atoms with Crippen molar-refractivity contribution in [3.63, 3.8) is 0 Å². The third-order valence-corrected chi connectivity index (χ3v) is 3.16. The van der Waals surface area contributed by atoms with E-state index >= 15 is 0 Å². The Balaban J connectivity index is 1.91. The number of hydrogen-bond acceptors (Lipinski definition) is 4. The van der Waals surface area contributed by atoms with Crippen LogP contribution in [0.1, 0.15) is 18.4 Å². The Morgan fingerprint density at radius 2 is 2.17 bits per heavy atom. The molecular formula is C12H15FN2O3. The summed E-state index contributed by atoms with van der Waals surface area (Å²) in [7, 11) is 0. The molecule has 2 rings (SSSR count). The Morgan fingerprint density at radius 3 is 2.78 bits per heavy atom. The summed E-state index contributed by atoms with van der Waals surface area (Å²) in [5, 5.41) is 10.6. The van der Waals surface area contributed by atoms with E-state index in [9.17, 15) is 14.5 Å². The molecule has 0 saturated heterocycles. The summed E-state index contributed by atoms with van der Waals surface area (Å²) in [6.07, 6.45) is 1.96. The smallest absolute Gasteiger partial charge is 0.272 e. The summed E-state index contributed by atoms with van der Waals surface area (Å²) in [4.78, 5) is 9.97. The van der Waals surface area contributed by atoms with Gasteiger partial charge in [-0.15, -0.1) is 0 Å². The molecule has 0 radical (unpaired) electrons. The van der Waals surface area contributed by atoms with E-state index in [0.29, 0.717) is 18.0 Å². The van der Waals surface area contributed by atoms with Crippen LogP contribution in [0.25, 0.3) is 0 Å². The predicted molar refractivity (Wildman–Crippen MR) is 63.4 cm³/mol. The number of hydrogen-bond donors (Lipinski definition) is 1. The Morgan fingerprint density at radius 1 is 1.44 bits per heavy atom. The first-order valence-corrected chi connectivity index (χ1v) is 5.84. The van der Waals surface area contributed by atoms with Gasteiger partial charge in [0.25, 0.3) is 5.69 Å². The van der Waals surface area contributed by atoms with Crippen molar-refractivity contribution in [1.82, 2.24) is 0 Å². The summed E-state index contributed by atoms with van der Waals surface area (Å²) in [6, 6.07) is 3.49. The molecule has 0 aliphatic heterocycles. The molecule has 1 aliphatic rings. The minimum atomic E-state index is -0.615. The Hall–Kier alpha value is -1.53. The second kappa shape index (κ2) is 5.41. The van der Waals surface area contributed by atoms with Gasteiger partial charge in [-0.1, -0.05) is 0 Å². The molecule has 0 atom stereocenters. The molecule has 1 aliphatic carbocycles. The number of non-ortho nitro benzene ring substituents is 1. The molecule has 0 unspecified atom stereocenters. The fraction of sp³-hybridized carbons (Fsp3) is 0.500. The molecule has 6 heteroatoms. The standard InChI is InChI=1S/C12H15FN2O3/c13-10-1-9(2-11(5-10)15(16)17)7-18-12-3-8(4-12)6-14/h1-2,5,8,12H,3-4,6-7,14H2. The maximum absolute atomic E-state index is 13.1. The summed E-state index contributed by atoms with van der Waals surface area (Å²) in [6.45, 7) is 0.853. The monoisotopic (exact) mass is 254 g/mol. The molecular weight excluding hydrogens is 239 g/mol. The van der Waals surface area contributed by atoms with E-state index < -0.39 is 10.7 Å². The first-order chi connectivity index (χ1) is 8.58. The van der Waals surface area contributed by atoms with Crippen molar-refractivity contribution < 1.29 is 14.1 Å². The third-order valence-electron chi connectivity index (χ3n) is 3.16. The van der Waals surface area contributed by atoms with Gasteiger partial charge in [0.05, 0.1) is 23.7 Å². The SMILES string of the molecule is NCC1CC(OCc2cc(F)cc([N+](=O)[O-])c2)C1. The molecule has 0 amide bonds. The molecule has 98 valence electrons. The molecule has 18 heavy (non-hydrogen) atoms. The number of benzene rings is 1. The minimum absolute atomic E-state index is 0.140. The fourth-order valence-corrected chi connectivity index (χ4v) is 2.04. The molecule has 2 N–H and O–H groups in total. The average Bonchev–Trinajstić information content (AvgIpc) is 2.26. The van der Waals surface area contributed by atoms with Gasteiger partial charge in [0.1, 0.15) is 5.82 Å². The number of nitrogens with two attached hydrogens (primary N) is 1. The number of halogens is 1. The van der Waals surface area contributed by atoms with E-state index in [-0.39, 0.29) is 18.4 Å². The van der Waals surface area contributed by atoms with Crippen LogP contribution in [0.4, 0.5) is 10.1 Å². The van der Waals surface area contributed by atoms with Crippen LogP contribution in [0, 0.1) is 21.8 Å². The summed E-state index contributed by atoms with van der Waals surface area (Å²) < 4.78 is 18.7. The van der Waals surface area contributed by atoms with Crippen LogP contribution < -0.4 is 5.73 Å². The number of nitrogens with zero attached hydrogens (tertiary/aromatic N) is 1. The first kappa shape index (κ1) is 12.9. The summed E-state index contributed by atoms with van der Waals surface area (Å²) in [5.74, 6) is -0.104. The second-order valence-electron chi connectivity index (χ2n) is 4.58. The quantitative estimate of drug-likeness (QED) is 0.643. The average molecular weight is 254 g/mol. The molecule has 0 aromatic heterocycles. The van der Waals surface area contributed by atoms with Gasteiger partial charge in [0.2, 0.25) is 0 Å². The van der Waals surface area contributed by atoms with E-state index in [2.05, 4.69) is 0 Å². The molecule has 1 saturated carbocycles. The maximum atomic E-state index is 13.1. The summed E-state index contributed by atoms with van der Waals surface area (Å²) in [5.41, 5.74) is 5.73. The summed E-state index contributed by atoms with van der Waals surface area (Å²) >= 11 is 0. The van der Waals surface area contributed by atoms with Gasteiger partial charge in [-0.2, -0.15) is 0 Å². The van der Waals surface area contributed by atoms with Crippen molar-refractivity contribution in [2.24, 2.45) is 11.7 Å². The van der Waals surface area contributed by atoms with Crippen LogP contribution in [0.3, 0.4) is 0 Å². The van der Waals surface area contributed by atoms with Gasteiger partial charge >= 0.3 is 0 Å². The number of ether oxygens (including phenoxy) is 1. The molecule has 0 heterocycles. The van der Waals surface area contributed by atoms with Crippen molar-refractivity contribution in [3.05, 3.63) is 39.7 Å². The zero-order valence-electron chi connectivity index (χ0n) is 9.84. The van der Waals surface area contributed by atoms with Crippen LogP contribution in [0.15, 0.2) is 18.2 Å². The third kappa shape index (κ3) is 3.02. The van der Waals surface area contributed by atoms with Gasteiger partial charge in [0.15, 0.2) is 0 Å². The lowest BCUT2D eigenvalue weighted by molar-refractivity contribution is -0.385. The van der Waals surface area contributed by atoms with Crippen molar-refractivity contribution in [2.45, 2.75) is 25.6 Å². The zero-order chi connectivity index (χ0) is 13.1. The normalized spacial score (nSPS) is 22.6.